The highest BCUT2D eigenvalue weighted by molar-refractivity contribution is 8.13. The fraction of sp³-hybridized carbons (Fsp3) is 0.500. The molecule has 21 heavy (non-hydrogen) atoms. The van der Waals surface area contributed by atoms with Crippen molar-refractivity contribution in [2.75, 3.05) is 6.54 Å². The van der Waals surface area contributed by atoms with Crippen molar-refractivity contribution in [3.8, 4) is 0 Å². The van der Waals surface area contributed by atoms with Gasteiger partial charge in [-0.3, -0.25) is 4.79 Å². The summed E-state index contributed by atoms with van der Waals surface area (Å²) in [6.07, 6.45) is 2.34. The van der Waals surface area contributed by atoms with Gasteiger partial charge in [-0.1, -0.05) is 6.92 Å². The summed E-state index contributed by atoms with van der Waals surface area (Å²) >= 11 is 0. The maximum atomic E-state index is 13.8. The second-order valence-electron chi connectivity index (χ2n) is 5.54. The zero-order chi connectivity index (χ0) is 15.8. The molecule has 0 heterocycles. The Labute approximate surface area is 128 Å². The molecular formula is C14H17ClFNO3S. The lowest BCUT2D eigenvalue weighted by atomic mass is 10.1. The summed E-state index contributed by atoms with van der Waals surface area (Å²) < 4.78 is 36.6. The summed E-state index contributed by atoms with van der Waals surface area (Å²) in [6.45, 7) is 3.84. The van der Waals surface area contributed by atoms with Crippen molar-refractivity contribution in [1.82, 2.24) is 5.32 Å². The molecule has 2 rings (SSSR count). The van der Waals surface area contributed by atoms with Crippen molar-refractivity contribution in [3.63, 3.8) is 0 Å². The zero-order valence-electron chi connectivity index (χ0n) is 11.8. The summed E-state index contributed by atoms with van der Waals surface area (Å²) in [6, 6.07) is 2.13. The summed E-state index contributed by atoms with van der Waals surface area (Å²) in [5.41, 5.74) is -0.131. The van der Waals surface area contributed by atoms with Gasteiger partial charge in [-0.2, -0.15) is 0 Å². The normalized spacial score (nSPS) is 16.6. The van der Waals surface area contributed by atoms with Gasteiger partial charge in [0.05, 0.1) is 4.90 Å². The molecule has 1 aromatic carbocycles. The first kappa shape index (κ1) is 16.2. The van der Waals surface area contributed by atoms with Crippen LogP contribution in [-0.4, -0.2) is 20.9 Å². The van der Waals surface area contributed by atoms with Gasteiger partial charge in [-0.25, -0.2) is 12.8 Å². The number of carbonyl (C=O) groups is 1. The average Bonchev–Trinajstić information content (AvgIpc) is 3.21. The number of hydrogen-bond acceptors (Lipinski definition) is 3. The van der Waals surface area contributed by atoms with Crippen LogP contribution < -0.4 is 5.32 Å². The molecule has 0 radical (unpaired) electrons. The highest BCUT2D eigenvalue weighted by atomic mass is 35.7. The van der Waals surface area contributed by atoms with Crippen LogP contribution in [0.3, 0.4) is 0 Å². The third kappa shape index (κ3) is 3.95. The average molecular weight is 334 g/mol. The molecule has 0 aromatic heterocycles. The van der Waals surface area contributed by atoms with E-state index in [1.54, 1.807) is 0 Å². The molecule has 1 fully saturated rings. The molecule has 1 amide bonds. The van der Waals surface area contributed by atoms with E-state index in [2.05, 4.69) is 5.32 Å². The summed E-state index contributed by atoms with van der Waals surface area (Å²) in [7, 11) is 1.17. The third-order valence-electron chi connectivity index (χ3n) is 3.83. The van der Waals surface area contributed by atoms with Crippen molar-refractivity contribution < 1.29 is 17.6 Å². The van der Waals surface area contributed by atoms with Gasteiger partial charge in [-0.15, -0.1) is 0 Å². The number of carbonyl (C=O) groups excluding carboxylic acids is 1. The Morgan fingerprint density at radius 2 is 2.10 bits per heavy atom. The van der Waals surface area contributed by atoms with Crippen molar-refractivity contribution in [3.05, 3.63) is 29.1 Å². The van der Waals surface area contributed by atoms with E-state index in [1.807, 2.05) is 6.92 Å². The number of rotatable bonds is 5. The minimum atomic E-state index is -4.09. The molecule has 4 nitrogen and oxygen atoms in total. The van der Waals surface area contributed by atoms with Crippen molar-refractivity contribution in [2.45, 2.75) is 31.6 Å². The summed E-state index contributed by atoms with van der Waals surface area (Å²) in [5.74, 6) is -0.264. The Balaban J connectivity index is 2.19. The molecule has 1 atom stereocenters. The molecule has 116 valence electrons. The Bertz CT molecular complexity index is 671. The molecule has 1 aliphatic rings. The van der Waals surface area contributed by atoms with Crippen molar-refractivity contribution in [2.24, 2.45) is 11.8 Å². The first-order valence-corrected chi connectivity index (χ1v) is 9.04. The van der Waals surface area contributed by atoms with Gasteiger partial charge < -0.3 is 5.32 Å². The van der Waals surface area contributed by atoms with Crippen LogP contribution in [0.25, 0.3) is 0 Å². The van der Waals surface area contributed by atoms with E-state index in [1.165, 1.54) is 19.8 Å². The van der Waals surface area contributed by atoms with Crippen LogP contribution in [0.15, 0.2) is 17.0 Å². The number of benzene rings is 1. The van der Waals surface area contributed by atoms with Crippen LogP contribution in [0, 0.1) is 24.6 Å². The first-order valence-electron chi connectivity index (χ1n) is 6.73. The fourth-order valence-corrected chi connectivity index (χ4v) is 3.44. The molecule has 1 aliphatic carbocycles. The van der Waals surface area contributed by atoms with Crippen molar-refractivity contribution in [1.29, 1.82) is 0 Å². The lowest BCUT2D eigenvalue weighted by molar-refractivity contribution is 0.0946. The minimum absolute atomic E-state index is 0.0414. The zero-order valence-corrected chi connectivity index (χ0v) is 13.4. The Morgan fingerprint density at radius 3 is 2.62 bits per heavy atom. The van der Waals surface area contributed by atoms with Crippen LogP contribution in [0.2, 0.25) is 0 Å². The lowest BCUT2D eigenvalue weighted by Gasteiger charge is -2.12. The smallest absolute Gasteiger partial charge is 0.261 e. The second kappa shape index (κ2) is 5.93. The van der Waals surface area contributed by atoms with Gasteiger partial charge >= 0.3 is 0 Å². The predicted octanol–water partition coefficient (Wildman–Crippen LogP) is 2.84. The van der Waals surface area contributed by atoms with Gasteiger partial charge in [0.1, 0.15) is 5.82 Å². The van der Waals surface area contributed by atoms with Crippen LogP contribution in [0.5, 0.6) is 0 Å². The van der Waals surface area contributed by atoms with Crippen molar-refractivity contribution >= 4 is 25.6 Å². The lowest BCUT2D eigenvalue weighted by Crippen LogP contribution is -2.29. The number of amides is 1. The Morgan fingerprint density at radius 1 is 1.48 bits per heavy atom. The van der Waals surface area contributed by atoms with Crippen LogP contribution in [0.1, 0.15) is 35.7 Å². The second-order valence-corrected chi connectivity index (χ2v) is 8.08. The number of halogens is 2. The minimum Gasteiger partial charge on any atom is -0.352 e. The third-order valence-corrected chi connectivity index (χ3v) is 5.28. The van der Waals surface area contributed by atoms with E-state index < -0.39 is 20.8 Å². The van der Waals surface area contributed by atoms with E-state index in [9.17, 15) is 17.6 Å². The maximum absolute atomic E-state index is 13.8. The Kier molecular flexibility index (Phi) is 4.58. The van der Waals surface area contributed by atoms with Crippen LogP contribution in [0.4, 0.5) is 4.39 Å². The molecule has 0 spiro atoms. The topological polar surface area (TPSA) is 63.2 Å². The molecular weight excluding hydrogens is 317 g/mol. The van der Waals surface area contributed by atoms with Gasteiger partial charge in [0.25, 0.3) is 15.0 Å². The predicted molar refractivity (Wildman–Crippen MR) is 78.4 cm³/mol. The largest absolute Gasteiger partial charge is 0.352 e. The molecule has 1 N–H and O–H groups in total. The molecule has 7 heteroatoms. The molecule has 1 unspecified atom stereocenters. The Hall–Kier alpha value is -1.14. The summed E-state index contributed by atoms with van der Waals surface area (Å²) in [5, 5.41) is 2.70. The van der Waals surface area contributed by atoms with E-state index in [4.69, 9.17) is 10.7 Å². The van der Waals surface area contributed by atoms with Gasteiger partial charge in [0.2, 0.25) is 0 Å². The monoisotopic (exact) mass is 333 g/mol. The maximum Gasteiger partial charge on any atom is 0.261 e. The first-order chi connectivity index (χ1) is 9.70. The molecule has 0 aliphatic heterocycles. The van der Waals surface area contributed by atoms with Crippen LogP contribution >= 0.6 is 10.7 Å². The van der Waals surface area contributed by atoms with E-state index in [0.717, 1.165) is 12.1 Å². The summed E-state index contributed by atoms with van der Waals surface area (Å²) in [4.78, 5) is 11.6. The fourth-order valence-electron chi connectivity index (χ4n) is 2.23. The highest BCUT2D eigenvalue weighted by Gasteiger charge is 2.28. The van der Waals surface area contributed by atoms with Gasteiger partial charge in [0, 0.05) is 28.4 Å². The van der Waals surface area contributed by atoms with E-state index >= 15 is 0 Å². The SMILES string of the molecule is Cc1c(F)cc(C(=O)NCC(C)C2CC2)cc1S(=O)(=O)Cl. The van der Waals surface area contributed by atoms with Gasteiger partial charge in [-0.05, 0) is 43.7 Å². The van der Waals surface area contributed by atoms with E-state index in [0.29, 0.717) is 18.4 Å². The molecule has 1 saturated carbocycles. The quantitative estimate of drug-likeness (QED) is 0.843. The number of nitrogens with one attached hydrogen (secondary N) is 1. The molecule has 0 bridgehead atoms. The number of hydrogen-bond donors (Lipinski definition) is 1. The molecule has 0 saturated heterocycles. The van der Waals surface area contributed by atoms with E-state index in [-0.39, 0.29) is 16.0 Å². The molecule has 1 aromatic rings. The standard InChI is InChI=1S/C14H17ClFNO3S/c1-8(10-3-4-10)7-17-14(18)11-5-12(16)9(2)13(6-11)21(15,19)20/h5-6,8,10H,3-4,7H2,1-2H3,(H,17,18). The van der Waals surface area contributed by atoms with Crippen LogP contribution in [-0.2, 0) is 9.05 Å². The highest BCUT2D eigenvalue weighted by Crippen LogP contribution is 2.36. The van der Waals surface area contributed by atoms with Gasteiger partial charge in [0.15, 0.2) is 0 Å².